The van der Waals surface area contributed by atoms with E-state index < -0.39 is 0 Å². The highest BCUT2D eigenvalue weighted by molar-refractivity contribution is 5.92. The number of carbonyl (C=O) groups excluding carboxylic acids is 1. The van der Waals surface area contributed by atoms with Crippen molar-refractivity contribution < 1.29 is 9.53 Å². The Morgan fingerprint density at radius 2 is 1.96 bits per heavy atom. The first-order valence-corrected chi connectivity index (χ1v) is 8.64. The monoisotopic (exact) mass is 319 g/mol. The first kappa shape index (κ1) is 17.8. The molecule has 0 spiro atoms. The second kappa shape index (κ2) is 8.89. The molecule has 5 nitrogen and oxygen atoms in total. The number of nitrogens with one attached hydrogen (secondary N) is 1. The van der Waals surface area contributed by atoms with Crippen molar-refractivity contribution in [3.8, 4) is 5.75 Å². The zero-order valence-corrected chi connectivity index (χ0v) is 14.3. The van der Waals surface area contributed by atoms with E-state index in [1.165, 1.54) is 0 Å². The Morgan fingerprint density at radius 1 is 1.26 bits per heavy atom. The molecule has 0 aliphatic heterocycles. The van der Waals surface area contributed by atoms with Gasteiger partial charge in [0.15, 0.2) is 0 Å². The van der Waals surface area contributed by atoms with Crippen molar-refractivity contribution in [2.24, 2.45) is 11.7 Å². The van der Waals surface area contributed by atoms with Gasteiger partial charge in [0.05, 0.1) is 0 Å². The number of likely N-dealkylation sites (N-methyl/N-ethyl adjacent to an activating group) is 1. The van der Waals surface area contributed by atoms with Crippen LogP contribution in [0.1, 0.15) is 33.1 Å². The molecule has 23 heavy (non-hydrogen) atoms. The molecule has 5 heteroatoms. The third-order valence-corrected chi connectivity index (χ3v) is 4.54. The molecule has 1 aliphatic carbocycles. The van der Waals surface area contributed by atoms with Gasteiger partial charge in [-0.25, -0.2) is 0 Å². The number of amides is 1. The fraction of sp³-hybridized carbons (Fsp3) is 0.611. The summed E-state index contributed by atoms with van der Waals surface area (Å²) in [7, 11) is 0. The third kappa shape index (κ3) is 5.52. The normalized spacial score (nSPS) is 20.7. The summed E-state index contributed by atoms with van der Waals surface area (Å²) in [5.41, 5.74) is 6.68. The van der Waals surface area contributed by atoms with Gasteiger partial charge < -0.3 is 20.7 Å². The third-order valence-electron chi connectivity index (χ3n) is 4.54. The van der Waals surface area contributed by atoms with Gasteiger partial charge in [0.25, 0.3) is 0 Å². The molecule has 2 rings (SSSR count). The summed E-state index contributed by atoms with van der Waals surface area (Å²) in [5.74, 6) is 0.959. The van der Waals surface area contributed by atoms with Gasteiger partial charge in [-0.05, 0) is 56.6 Å². The maximum Gasteiger partial charge on any atom is 0.227 e. The number of benzene rings is 1. The quantitative estimate of drug-likeness (QED) is 0.772. The molecule has 3 N–H and O–H groups in total. The molecule has 1 aliphatic rings. The summed E-state index contributed by atoms with van der Waals surface area (Å²) in [6.07, 6.45) is 2.62. The van der Waals surface area contributed by atoms with Gasteiger partial charge in [0.2, 0.25) is 5.91 Å². The van der Waals surface area contributed by atoms with E-state index in [1.54, 1.807) is 0 Å². The number of hydrogen-bond donors (Lipinski definition) is 2. The fourth-order valence-electron chi connectivity index (χ4n) is 2.97. The van der Waals surface area contributed by atoms with E-state index >= 15 is 0 Å². The molecule has 0 radical (unpaired) electrons. The van der Waals surface area contributed by atoms with Gasteiger partial charge in [-0.2, -0.15) is 0 Å². The molecule has 1 aromatic carbocycles. The average molecular weight is 319 g/mol. The van der Waals surface area contributed by atoms with Crippen LogP contribution < -0.4 is 15.8 Å². The van der Waals surface area contributed by atoms with Crippen molar-refractivity contribution in [1.29, 1.82) is 0 Å². The largest absolute Gasteiger partial charge is 0.492 e. The summed E-state index contributed by atoms with van der Waals surface area (Å²) < 4.78 is 5.74. The van der Waals surface area contributed by atoms with Crippen LogP contribution in [-0.2, 0) is 4.79 Å². The lowest BCUT2D eigenvalue weighted by atomic mass is 10.1. The smallest absolute Gasteiger partial charge is 0.227 e. The molecule has 2 atom stereocenters. The first-order valence-electron chi connectivity index (χ1n) is 8.64. The molecule has 1 fully saturated rings. The van der Waals surface area contributed by atoms with Gasteiger partial charge in [-0.1, -0.05) is 13.8 Å². The van der Waals surface area contributed by atoms with E-state index in [-0.39, 0.29) is 17.9 Å². The van der Waals surface area contributed by atoms with Crippen LogP contribution >= 0.6 is 0 Å². The molecule has 1 amide bonds. The highest BCUT2D eigenvalue weighted by Crippen LogP contribution is 2.25. The molecular formula is C18H29N3O2. The van der Waals surface area contributed by atoms with E-state index in [2.05, 4.69) is 24.1 Å². The van der Waals surface area contributed by atoms with Crippen LogP contribution in [0.3, 0.4) is 0 Å². The molecule has 128 valence electrons. The number of rotatable bonds is 8. The van der Waals surface area contributed by atoms with E-state index in [9.17, 15) is 4.79 Å². The Balaban J connectivity index is 1.77. The van der Waals surface area contributed by atoms with Gasteiger partial charge >= 0.3 is 0 Å². The van der Waals surface area contributed by atoms with E-state index in [4.69, 9.17) is 10.5 Å². The van der Waals surface area contributed by atoms with Crippen LogP contribution in [0.5, 0.6) is 5.75 Å². The van der Waals surface area contributed by atoms with Crippen molar-refractivity contribution >= 4 is 11.6 Å². The van der Waals surface area contributed by atoms with Gasteiger partial charge in [-0.3, -0.25) is 4.79 Å². The standard InChI is InChI=1S/C18H29N3O2/c1-3-21(4-2)11-12-23-17-9-7-16(8-10-17)20-18(22)14-5-6-15(19)13-14/h7-10,14-15H,3-6,11-13,19H2,1-2H3,(H,20,22). The highest BCUT2D eigenvalue weighted by Gasteiger charge is 2.27. The van der Waals surface area contributed by atoms with Crippen LogP contribution in [0.2, 0.25) is 0 Å². The summed E-state index contributed by atoms with van der Waals surface area (Å²) in [4.78, 5) is 14.5. The number of ether oxygens (including phenoxy) is 1. The lowest BCUT2D eigenvalue weighted by Gasteiger charge is -2.18. The van der Waals surface area contributed by atoms with Crippen LogP contribution in [0, 0.1) is 5.92 Å². The number of anilines is 1. The van der Waals surface area contributed by atoms with E-state index in [0.29, 0.717) is 6.61 Å². The Labute approximate surface area is 139 Å². The van der Waals surface area contributed by atoms with E-state index in [1.807, 2.05) is 24.3 Å². The number of carbonyl (C=O) groups is 1. The predicted octanol–water partition coefficient (Wildman–Crippen LogP) is 2.47. The fourth-order valence-corrected chi connectivity index (χ4v) is 2.97. The molecule has 0 heterocycles. The maximum absolute atomic E-state index is 12.2. The SMILES string of the molecule is CCN(CC)CCOc1ccc(NC(=O)C2CCC(N)C2)cc1. The van der Waals surface area contributed by atoms with Crippen LogP contribution in [0.4, 0.5) is 5.69 Å². The van der Waals surface area contributed by atoms with Crippen LogP contribution in [0.15, 0.2) is 24.3 Å². The Bertz CT molecular complexity index is 486. The summed E-state index contributed by atoms with van der Waals surface area (Å²) in [6, 6.07) is 7.75. The molecular weight excluding hydrogens is 290 g/mol. The molecule has 0 saturated heterocycles. The van der Waals surface area contributed by atoms with Gasteiger partial charge in [0.1, 0.15) is 12.4 Å². The van der Waals surface area contributed by atoms with E-state index in [0.717, 1.165) is 50.3 Å². The zero-order chi connectivity index (χ0) is 16.7. The van der Waals surface area contributed by atoms with Crippen molar-refractivity contribution in [2.45, 2.75) is 39.2 Å². The second-order valence-corrected chi connectivity index (χ2v) is 6.16. The summed E-state index contributed by atoms with van der Waals surface area (Å²) in [5, 5.41) is 2.97. The van der Waals surface area contributed by atoms with Crippen LogP contribution in [-0.4, -0.2) is 43.1 Å². The van der Waals surface area contributed by atoms with Crippen molar-refractivity contribution in [1.82, 2.24) is 4.90 Å². The topological polar surface area (TPSA) is 67.6 Å². The predicted molar refractivity (Wildman–Crippen MR) is 93.7 cm³/mol. The highest BCUT2D eigenvalue weighted by atomic mass is 16.5. The molecule has 0 bridgehead atoms. The summed E-state index contributed by atoms with van der Waals surface area (Å²) >= 11 is 0. The molecule has 1 aromatic rings. The second-order valence-electron chi connectivity index (χ2n) is 6.16. The molecule has 2 unspecified atom stereocenters. The molecule has 1 saturated carbocycles. The van der Waals surface area contributed by atoms with Crippen molar-refractivity contribution in [2.75, 3.05) is 31.6 Å². The zero-order valence-electron chi connectivity index (χ0n) is 14.3. The lowest BCUT2D eigenvalue weighted by molar-refractivity contribution is -0.119. The minimum Gasteiger partial charge on any atom is -0.492 e. The van der Waals surface area contributed by atoms with Crippen molar-refractivity contribution in [3.63, 3.8) is 0 Å². The van der Waals surface area contributed by atoms with Gasteiger partial charge in [-0.15, -0.1) is 0 Å². The Morgan fingerprint density at radius 3 is 2.52 bits per heavy atom. The average Bonchev–Trinajstić information content (AvgIpc) is 3.00. The maximum atomic E-state index is 12.2. The minimum atomic E-state index is 0.0509. The van der Waals surface area contributed by atoms with Crippen LogP contribution in [0.25, 0.3) is 0 Å². The molecule has 0 aromatic heterocycles. The minimum absolute atomic E-state index is 0.0509. The summed E-state index contributed by atoms with van der Waals surface area (Å²) in [6.45, 7) is 7.97. The van der Waals surface area contributed by atoms with Crippen molar-refractivity contribution in [3.05, 3.63) is 24.3 Å². The Hall–Kier alpha value is -1.59. The number of nitrogens with two attached hydrogens (primary N) is 1. The number of nitrogens with zero attached hydrogens (tertiary/aromatic N) is 1. The lowest BCUT2D eigenvalue weighted by Crippen LogP contribution is -2.27. The number of hydrogen-bond acceptors (Lipinski definition) is 4. The Kier molecular flexibility index (Phi) is 6.86. The van der Waals surface area contributed by atoms with Gasteiger partial charge in [0, 0.05) is 24.2 Å². The first-order chi connectivity index (χ1) is 11.1.